The molecule has 0 saturated heterocycles. The third kappa shape index (κ3) is 9.48. The Balaban J connectivity index is 1.27. The van der Waals surface area contributed by atoms with Gasteiger partial charge in [-0.1, -0.05) is 103 Å². The highest BCUT2D eigenvalue weighted by Crippen LogP contribution is 2.63. The van der Waals surface area contributed by atoms with Crippen molar-refractivity contribution in [2.75, 3.05) is 19.8 Å². The SMILES string of the molecule is C=CCO[C@@]12Oc3ccc(Oc4ccc(-c5ccccc5)cc4)cc3[C@H]3[C@H](CCCCO)[C@@H](CCCCO)C=C(C(=NOC(C)(C)C)C[C@@H]1Sc1ccc4ccccc4c1)[C@H]32. The molecule has 0 amide bonds. The smallest absolute Gasteiger partial charge is 0.231 e. The summed E-state index contributed by atoms with van der Waals surface area (Å²) in [5, 5.41) is 27.1. The first-order valence-electron chi connectivity index (χ1n) is 21.9. The van der Waals surface area contributed by atoms with Gasteiger partial charge >= 0.3 is 0 Å². The molecule has 1 saturated carbocycles. The van der Waals surface area contributed by atoms with E-state index in [0.717, 1.165) is 88.6 Å². The molecule has 7 nitrogen and oxygen atoms in total. The van der Waals surface area contributed by atoms with Crippen LogP contribution in [-0.4, -0.2) is 52.4 Å². The zero-order chi connectivity index (χ0) is 42.4. The fraction of sp³-hybridized carbons (Fsp3) is 0.377. The van der Waals surface area contributed by atoms with E-state index in [0.29, 0.717) is 13.0 Å². The molecule has 6 atom stereocenters. The van der Waals surface area contributed by atoms with Crippen molar-refractivity contribution in [2.24, 2.45) is 22.9 Å². The molecule has 8 heteroatoms. The van der Waals surface area contributed by atoms with Gasteiger partial charge in [0.15, 0.2) is 0 Å². The third-order valence-corrected chi connectivity index (χ3v) is 13.6. The van der Waals surface area contributed by atoms with E-state index in [1.54, 1.807) is 11.8 Å². The number of fused-ring (bicyclic) bond motifs is 3. The van der Waals surface area contributed by atoms with Crippen LogP contribution >= 0.6 is 11.8 Å². The van der Waals surface area contributed by atoms with Crippen LogP contribution in [0, 0.1) is 17.8 Å². The van der Waals surface area contributed by atoms with Crippen molar-refractivity contribution in [1.29, 1.82) is 0 Å². The summed E-state index contributed by atoms with van der Waals surface area (Å²) in [4.78, 5) is 7.43. The topological polar surface area (TPSA) is 89.7 Å². The first-order chi connectivity index (χ1) is 29.7. The molecule has 2 N–H and O–H groups in total. The van der Waals surface area contributed by atoms with Gasteiger partial charge < -0.3 is 29.3 Å². The largest absolute Gasteiger partial charge is 0.460 e. The summed E-state index contributed by atoms with van der Waals surface area (Å²) in [5.41, 5.74) is 4.90. The van der Waals surface area contributed by atoms with Crippen LogP contribution in [-0.2, 0) is 9.57 Å². The van der Waals surface area contributed by atoms with Crippen LogP contribution in [0.3, 0.4) is 0 Å². The predicted molar refractivity (Wildman–Crippen MR) is 248 cm³/mol. The monoisotopic (exact) mass is 837 g/mol. The predicted octanol–water partition coefficient (Wildman–Crippen LogP) is 12.5. The lowest BCUT2D eigenvalue weighted by atomic mass is 9.56. The second-order valence-electron chi connectivity index (χ2n) is 17.6. The number of unbranched alkanes of at least 4 members (excludes halogenated alkanes) is 2. The van der Waals surface area contributed by atoms with Crippen LogP contribution in [0.5, 0.6) is 17.2 Å². The van der Waals surface area contributed by atoms with Crippen LogP contribution in [0.2, 0.25) is 0 Å². The summed E-state index contributed by atoms with van der Waals surface area (Å²) in [5.74, 6) is 1.26. The van der Waals surface area contributed by atoms with Gasteiger partial charge in [0.1, 0.15) is 22.8 Å². The van der Waals surface area contributed by atoms with Gasteiger partial charge in [-0.3, -0.25) is 0 Å². The summed E-state index contributed by atoms with van der Waals surface area (Å²) in [6.07, 6.45) is 9.89. The number of hydrogen-bond acceptors (Lipinski definition) is 8. The normalized spacial score (nSPS) is 23.7. The maximum atomic E-state index is 10.0. The fourth-order valence-electron chi connectivity index (χ4n) is 9.57. The average molecular weight is 838 g/mol. The molecule has 0 bridgehead atoms. The highest BCUT2D eigenvalue weighted by molar-refractivity contribution is 8.00. The van der Waals surface area contributed by atoms with Crippen molar-refractivity contribution in [3.8, 4) is 28.4 Å². The number of hydrogen-bond donors (Lipinski definition) is 2. The quantitative estimate of drug-likeness (QED) is 0.0548. The van der Waals surface area contributed by atoms with Crippen LogP contribution in [0.15, 0.2) is 150 Å². The lowest BCUT2D eigenvalue weighted by Crippen LogP contribution is -2.64. The van der Waals surface area contributed by atoms with Gasteiger partial charge in [-0.2, -0.15) is 0 Å². The summed E-state index contributed by atoms with van der Waals surface area (Å²) in [6, 6.07) is 39.9. The van der Waals surface area contributed by atoms with Crippen molar-refractivity contribution in [3.05, 3.63) is 145 Å². The minimum Gasteiger partial charge on any atom is -0.460 e. The lowest BCUT2D eigenvalue weighted by molar-refractivity contribution is -0.223. The van der Waals surface area contributed by atoms with Gasteiger partial charge in [0.25, 0.3) is 0 Å². The summed E-state index contributed by atoms with van der Waals surface area (Å²) >= 11 is 1.78. The van der Waals surface area contributed by atoms with Crippen molar-refractivity contribution < 1.29 is 29.3 Å². The molecule has 0 spiro atoms. The van der Waals surface area contributed by atoms with E-state index in [1.165, 1.54) is 10.8 Å². The number of rotatable bonds is 17. The third-order valence-electron chi connectivity index (χ3n) is 12.2. The molecule has 0 unspecified atom stereocenters. The standard InChI is InChI=1S/C53H59NO6S/c1-5-31-57-53-49(61-43-27-23-37-17-9-10-18-39(37)32-43)35-47(54-60-52(2,3)4)45-33-40(19-11-13-29-55)44(20-12-14-30-56)50(51(45)53)46-34-42(26-28-48(46)59-53)58-41-24-21-38(22-25-41)36-15-7-6-8-16-36/h5-10,15-18,21-28,32-34,40,44,49-51,55-56H,1,11-14,19-20,29-31,35H2,2-4H3/t40-,44+,49-,50+,51+,53+/m0/s1. The van der Waals surface area contributed by atoms with E-state index in [9.17, 15) is 10.2 Å². The summed E-state index contributed by atoms with van der Waals surface area (Å²) in [6.45, 7) is 10.8. The number of aliphatic hydroxyl groups is 2. The second kappa shape index (κ2) is 19.0. The Morgan fingerprint density at radius 3 is 2.25 bits per heavy atom. The Kier molecular flexibility index (Phi) is 13.4. The van der Waals surface area contributed by atoms with Crippen molar-refractivity contribution >= 4 is 28.2 Å². The number of nitrogens with zero attached hydrogens (tertiary/aromatic N) is 1. The van der Waals surface area contributed by atoms with E-state index in [-0.39, 0.29) is 42.1 Å². The summed E-state index contributed by atoms with van der Waals surface area (Å²) in [7, 11) is 0. The molecule has 1 fully saturated rings. The number of aliphatic hydroxyl groups excluding tert-OH is 2. The molecule has 0 radical (unpaired) electrons. The first-order valence-corrected chi connectivity index (χ1v) is 22.8. The molecule has 5 aromatic carbocycles. The van der Waals surface area contributed by atoms with Crippen molar-refractivity contribution in [3.63, 3.8) is 0 Å². The zero-order valence-electron chi connectivity index (χ0n) is 35.7. The molecule has 1 aliphatic heterocycles. The van der Waals surface area contributed by atoms with Gasteiger partial charge in [0.05, 0.1) is 23.5 Å². The second-order valence-corrected chi connectivity index (χ2v) is 18.8. The number of thioether (sulfide) groups is 1. The van der Waals surface area contributed by atoms with Crippen LogP contribution in [0.1, 0.15) is 77.2 Å². The van der Waals surface area contributed by atoms with Gasteiger partial charge in [0, 0.05) is 36.0 Å². The molecule has 3 aliphatic rings. The maximum absolute atomic E-state index is 10.0. The van der Waals surface area contributed by atoms with Crippen LogP contribution in [0.4, 0.5) is 0 Å². The zero-order valence-corrected chi connectivity index (χ0v) is 36.5. The van der Waals surface area contributed by atoms with Gasteiger partial charge in [-0.25, -0.2) is 0 Å². The van der Waals surface area contributed by atoms with E-state index >= 15 is 0 Å². The van der Waals surface area contributed by atoms with E-state index in [2.05, 4.69) is 104 Å². The van der Waals surface area contributed by atoms with Crippen LogP contribution < -0.4 is 9.47 Å². The Morgan fingerprint density at radius 2 is 1.51 bits per heavy atom. The molecule has 318 valence electrons. The van der Waals surface area contributed by atoms with Gasteiger partial charge in [-0.05, 0) is 128 Å². The van der Waals surface area contributed by atoms with E-state index < -0.39 is 11.4 Å². The van der Waals surface area contributed by atoms with E-state index in [1.807, 2.05) is 51.1 Å². The summed E-state index contributed by atoms with van der Waals surface area (Å²) < 4.78 is 21.3. The van der Waals surface area contributed by atoms with E-state index in [4.69, 9.17) is 24.2 Å². The number of oxime groups is 1. The number of benzene rings is 5. The minimum absolute atomic E-state index is 0.0461. The molecule has 5 aromatic rings. The minimum atomic E-state index is -1.09. The number of allylic oxidation sites excluding steroid dienone is 1. The van der Waals surface area contributed by atoms with Gasteiger partial charge in [0.2, 0.25) is 5.79 Å². The van der Waals surface area contributed by atoms with Crippen molar-refractivity contribution in [1.82, 2.24) is 0 Å². The highest BCUT2D eigenvalue weighted by atomic mass is 32.2. The van der Waals surface area contributed by atoms with Gasteiger partial charge in [-0.15, -0.1) is 18.3 Å². The first kappa shape index (κ1) is 42.8. The Bertz CT molecular complexity index is 2340. The average Bonchev–Trinajstić information content (AvgIpc) is 3.27. The Labute approximate surface area is 365 Å². The molecule has 8 rings (SSSR count). The van der Waals surface area contributed by atoms with Crippen molar-refractivity contribution in [2.45, 2.75) is 93.2 Å². The molecular weight excluding hydrogens is 779 g/mol. The lowest BCUT2D eigenvalue weighted by Gasteiger charge is -2.58. The molecule has 1 heterocycles. The molecular formula is C53H59NO6S. The Hall–Kier alpha value is -4.86. The fourth-order valence-corrected chi connectivity index (χ4v) is 10.9. The highest BCUT2D eigenvalue weighted by Gasteiger charge is 2.64. The molecule has 61 heavy (non-hydrogen) atoms. The maximum Gasteiger partial charge on any atom is 0.231 e. The Morgan fingerprint density at radius 1 is 0.803 bits per heavy atom. The molecule has 2 aliphatic carbocycles. The molecule has 0 aromatic heterocycles. The van der Waals surface area contributed by atoms with Crippen LogP contribution in [0.25, 0.3) is 21.9 Å². The number of ether oxygens (including phenoxy) is 3.